The Morgan fingerprint density at radius 2 is 1.55 bits per heavy atom. The van der Waals surface area contributed by atoms with Crippen molar-refractivity contribution >= 4 is 0 Å². The fourth-order valence-electron chi connectivity index (χ4n) is 6.12. The van der Waals surface area contributed by atoms with Crippen molar-refractivity contribution in [3.8, 4) is 0 Å². The second kappa shape index (κ2) is 5.14. The summed E-state index contributed by atoms with van der Waals surface area (Å²) in [5, 5.41) is 0. The molecule has 1 atom stereocenters. The third-order valence-corrected chi connectivity index (χ3v) is 6.61. The lowest BCUT2D eigenvalue weighted by atomic mass is 9.49. The van der Waals surface area contributed by atoms with Gasteiger partial charge in [-0.15, -0.1) is 0 Å². The Labute approximate surface area is 123 Å². The van der Waals surface area contributed by atoms with Crippen LogP contribution in [0.2, 0.25) is 0 Å². The van der Waals surface area contributed by atoms with Gasteiger partial charge in [0.25, 0.3) is 0 Å². The van der Waals surface area contributed by atoms with Crippen molar-refractivity contribution in [1.29, 1.82) is 0 Å². The Bertz CT molecular complexity index is 346. The molecule has 4 bridgehead atoms. The summed E-state index contributed by atoms with van der Waals surface area (Å²) in [6, 6.07) is 0.505. The highest BCUT2D eigenvalue weighted by Gasteiger charge is 2.49. The van der Waals surface area contributed by atoms with E-state index in [1.54, 1.807) is 19.3 Å². The SMILES string of the molecule is NCC(/C=C\C12CC3CC(CC(C3)C1)C2)N1CCCC1. The van der Waals surface area contributed by atoms with E-state index < -0.39 is 0 Å². The number of hydrogen-bond acceptors (Lipinski definition) is 2. The molecule has 0 aromatic rings. The van der Waals surface area contributed by atoms with Gasteiger partial charge >= 0.3 is 0 Å². The Hall–Kier alpha value is -0.340. The summed E-state index contributed by atoms with van der Waals surface area (Å²) >= 11 is 0. The van der Waals surface area contributed by atoms with E-state index in [9.17, 15) is 0 Å². The minimum atomic E-state index is 0.505. The lowest BCUT2D eigenvalue weighted by Gasteiger charge is -2.56. The van der Waals surface area contributed by atoms with Crippen LogP contribution in [0.4, 0.5) is 0 Å². The number of rotatable bonds is 4. The fourth-order valence-corrected chi connectivity index (χ4v) is 6.12. The molecule has 1 saturated heterocycles. The zero-order valence-electron chi connectivity index (χ0n) is 12.8. The predicted molar refractivity (Wildman–Crippen MR) is 83.4 cm³/mol. The van der Waals surface area contributed by atoms with Crippen LogP contribution in [0, 0.1) is 23.2 Å². The first-order valence-electron chi connectivity index (χ1n) is 8.90. The summed E-state index contributed by atoms with van der Waals surface area (Å²) in [6.45, 7) is 3.31. The van der Waals surface area contributed by atoms with Crippen LogP contribution in [-0.2, 0) is 0 Å². The third-order valence-electron chi connectivity index (χ3n) is 6.61. The van der Waals surface area contributed by atoms with Crippen LogP contribution in [0.25, 0.3) is 0 Å². The minimum absolute atomic E-state index is 0.505. The standard InChI is InChI=1S/C18H30N2/c19-13-17(20-5-1-2-6-20)3-4-18-10-14-7-15(11-18)9-16(8-14)12-18/h3-4,14-17H,1-2,5-13,19H2/b4-3-. The molecule has 2 heteroatoms. The molecule has 4 aliphatic carbocycles. The molecule has 1 heterocycles. The van der Waals surface area contributed by atoms with Crippen LogP contribution in [-0.4, -0.2) is 30.6 Å². The van der Waals surface area contributed by atoms with Gasteiger partial charge in [0.15, 0.2) is 0 Å². The van der Waals surface area contributed by atoms with Crippen molar-refractivity contribution in [3.63, 3.8) is 0 Å². The molecule has 20 heavy (non-hydrogen) atoms. The molecular formula is C18H30N2. The molecular weight excluding hydrogens is 244 g/mol. The van der Waals surface area contributed by atoms with Crippen molar-refractivity contribution in [2.45, 2.75) is 57.4 Å². The summed E-state index contributed by atoms with van der Waals surface area (Å²) < 4.78 is 0. The summed E-state index contributed by atoms with van der Waals surface area (Å²) in [7, 11) is 0. The van der Waals surface area contributed by atoms with E-state index in [1.807, 2.05) is 0 Å². The zero-order valence-corrected chi connectivity index (χ0v) is 12.8. The van der Waals surface area contributed by atoms with Crippen molar-refractivity contribution in [2.24, 2.45) is 28.9 Å². The first-order valence-corrected chi connectivity index (χ1v) is 8.90. The zero-order chi connectivity index (χ0) is 13.6. The van der Waals surface area contributed by atoms with E-state index in [0.29, 0.717) is 11.5 Å². The van der Waals surface area contributed by atoms with Crippen LogP contribution >= 0.6 is 0 Å². The number of nitrogens with zero attached hydrogens (tertiary/aromatic N) is 1. The molecule has 5 rings (SSSR count). The Kier molecular flexibility index (Phi) is 3.42. The van der Waals surface area contributed by atoms with Crippen LogP contribution in [0.3, 0.4) is 0 Å². The molecule has 0 amide bonds. The largest absolute Gasteiger partial charge is 0.329 e. The maximum atomic E-state index is 6.04. The summed E-state index contributed by atoms with van der Waals surface area (Å²) in [4.78, 5) is 2.59. The highest BCUT2D eigenvalue weighted by atomic mass is 15.2. The summed E-state index contributed by atoms with van der Waals surface area (Å²) in [5.74, 6) is 3.15. The first-order chi connectivity index (χ1) is 9.76. The van der Waals surface area contributed by atoms with Crippen molar-refractivity contribution in [1.82, 2.24) is 4.90 Å². The molecule has 0 spiro atoms. The molecule has 0 radical (unpaired) electrons. The van der Waals surface area contributed by atoms with Gasteiger partial charge in [0.2, 0.25) is 0 Å². The van der Waals surface area contributed by atoms with E-state index in [0.717, 1.165) is 24.3 Å². The Morgan fingerprint density at radius 3 is 2.05 bits per heavy atom. The van der Waals surface area contributed by atoms with Crippen molar-refractivity contribution in [2.75, 3.05) is 19.6 Å². The number of hydrogen-bond donors (Lipinski definition) is 1. The predicted octanol–water partition coefficient (Wildman–Crippen LogP) is 3.18. The van der Waals surface area contributed by atoms with Crippen LogP contribution in [0.15, 0.2) is 12.2 Å². The lowest BCUT2D eigenvalue weighted by Crippen LogP contribution is -2.45. The van der Waals surface area contributed by atoms with Crippen molar-refractivity contribution in [3.05, 3.63) is 12.2 Å². The second-order valence-electron chi connectivity index (χ2n) is 8.19. The normalized spacial score (nSPS) is 45.5. The number of allylic oxidation sites excluding steroid dienone is 1. The maximum absolute atomic E-state index is 6.04. The van der Waals surface area contributed by atoms with Crippen LogP contribution in [0.1, 0.15) is 51.4 Å². The highest BCUT2D eigenvalue weighted by Crippen LogP contribution is 2.60. The average Bonchev–Trinajstić information content (AvgIpc) is 2.91. The quantitative estimate of drug-likeness (QED) is 0.798. The van der Waals surface area contributed by atoms with Gasteiger partial charge < -0.3 is 5.73 Å². The third kappa shape index (κ3) is 2.35. The number of nitrogens with two attached hydrogens (primary N) is 1. The van der Waals surface area contributed by atoms with Gasteiger partial charge in [-0.25, -0.2) is 0 Å². The molecule has 2 N–H and O–H groups in total. The topological polar surface area (TPSA) is 29.3 Å². The van der Waals surface area contributed by atoms with Gasteiger partial charge in [0, 0.05) is 12.6 Å². The van der Waals surface area contributed by atoms with Gasteiger partial charge in [-0.2, -0.15) is 0 Å². The molecule has 0 aromatic heterocycles. The number of likely N-dealkylation sites (tertiary alicyclic amines) is 1. The minimum Gasteiger partial charge on any atom is -0.329 e. The van der Waals surface area contributed by atoms with E-state index in [2.05, 4.69) is 17.1 Å². The van der Waals surface area contributed by atoms with Gasteiger partial charge in [-0.3, -0.25) is 4.90 Å². The van der Waals surface area contributed by atoms with Crippen LogP contribution in [0.5, 0.6) is 0 Å². The molecule has 5 aliphatic rings. The van der Waals surface area contributed by atoms with E-state index in [-0.39, 0.29) is 0 Å². The molecule has 5 fully saturated rings. The molecule has 2 nitrogen and oxygen atoms in total. The highest BCUT2D eigenvalue weighted by molar-refractivity contribution is 5.13. The van der Waals surface area contributed by atoms with E-state index >= 15 is 0 Å². The first kappa shape index (κ1) is 13.3. The van der Waals surface area contributed by atoms with Gasteiger partial charge in [0.05, 0.1) is 0 Å². The lowest BCUT2D eigenvalue weighted by molar-refractivity contribution is -0.0240. The summed E-state index contributed by atoms with van der Waals surface area (Å²) in [6.07, 6.45) is 16.9. The van der Waals surface area contributed by atoms with Gasteiger partial charge in [-0.05, 0) is 87.6 Å². The van der Waals surface area contributed by atoms with Gasteiger partial charge in [0.1, 0.15) is 0 Å². The molecule has 0 aromatic carbocycles. The maximum Gasteiger partial charge on any atom is 0.0401 e. The monoisotopic (exact) mass is 274 g/mol. The summed E-state index contributed by atoms with van der Waals surface area (Å²) in [5.41, 5.74) is 6.61. The average molecular weight is 274 g/mol. The molecule has 112 valence electrons. The Balaban J connectivity index is 1.48. The molecule has 1 aliphatic heterocycles. The Morgan fingerprint density at radius 1 is 1.00 bits per heavy atom. The van der Waals surface area contributed by atoms with Gasteiger partial charge in [-0.1, -0.05) is 12.2 Å². The fraction of sp³-hybridized carbons (Fsp3) is 0.889. The molecule has 4 saturated carbocycles. The smallest absolute Gasteiger partial charge is 0.0401 e. The van der Waals surface area contributed by atoms with Crippen molar-refractivity contribution < 1.29 is 0 Å². The van der Waals surface area contributed by atoms with E-state index in [1.165, 1.54) is 45.2 Å². The molecule has 1 unspecified atom stereocenters. The van der Waals surface area contributed by atoms with E-state index in [4.69, 9.17) is 5.73 Å². The van der Waals surface area contributed by atoms with Crippen LogP contribution < -0.4 is 5.73 Å². The second-order valence-corrected chi connectivity index (χ2v) is 8.19.